The quantitative estimate of drug-likeness (QED) is 0.202. The van der Waals surface area contributed by atoms with Crippen molar-refractivity contribution >= 4 is 40.6 Å². The number of fused-ring (bicyclic) bond motifs is 2. The van der Waals surface area contributed by atoms with Crippen LogP contribution in [-0.2, 0) is 26.4 Å². The third-order valence-corrected chi connectivity index (χ3v) is 9.95. The summed E-state index contributed by atoms with van der Waals surface area (Å²) in [5.74, 6) is -0.313. The molecule has 2 aromatic heterocycles. The number of carbonyl (C=O) groups excluding carboxylic acids is 2. The van der Waals surface area contributed by atoms with Crippen molar-refractivity contribution in [2.75, 3.05) is 23.4 Å². The van der Waals surface area contributed by atoms with Gasteiger partial charge in [0.2, 0.25) is 0 Å². The second-order valence-corrected chi connectivity index (χ2v) is 13.2. The lowest BCUT2D eigenvalue weighted by molar-refractivity contribution is -0.179. The number of phenolic OH excluding ortho intramolecular Hbond substituents is 1. The number of aromatic nitrogens is 2. The molecular formula is C38H33ClF3N5O3. The summed E-state index contributed by atoms with van der Waals surface area (Å²) in [6, 6.07) is 19.1. The Bertz CT molecular complexity index is 2150. The van der Waals surface area contributed by atoms with E-state index in [1.165, 1.54) is 35.2 Å². The molecule has 0 unspecified atom stereocenters. The van der Waals surface area contributed by atoms with Crippen molar-refractivity contribution in [3.63, 3.8) is 0 Å². The summed E-state index contributed by atoms with van der Waals surface area (Å²) >= 11 is 6.45. The summed E-state index contributed by atoms with van der Waals surface area (Å²) in [5.41, 5.74) is 4.84. The molecule has 0 saturated carbocycles. The van der Waals surface area contributed by atoms with Crippen molar-refractivity contribution in [2.24, 2.45) is 7.05 Å². The molecule has 0 saturated heterocycles. The van der Waals surface area contributed by atoms with E-state index in [1.807, 2.05) is 18.0 Å². The van der Waals surface area contributed by atoms with Crippen LogP contribution in [0, 0.1) is 6.92 Å². The fraction of sp³-hybridized carbons (Fsp3) is 0.237. The van der Waals surface area contributed by atoms with E-state index in [4.69, 9.17) is 11.6 Å². The monoisotopic (exact) mass is 699 g/mol. The lowest BCUT2D eigenvalue weighted by atomic mass is 9.92. The first-order valence-corrected chi connectivity index (χ1v) is 16.4. The Balaban J connectivity index is 1.31. The van der Waals surface area contributed by atoms with Gasteiger partial charge in [0, 0.05) is 66.8 Å². The van der Waals surface area contributed by atoms with Crippen molar-refractivity contribution in [1.29, 1.82) is 0 Å². The van der Waals surface area contributed by atoms with Crippen LogP contribution in [0.1, 0.15) is 43.1 Å². The number of rotatable bonds is 5. The molecule has 3 aromatic carbocycles. The molecule has 0 radical (unpaired) electrons. The van der Waals surface area contributed by atoms with E-state index in [1.54, 1.807) is 67.2 Å². The second kappa shape index (κ2) is 12.5. The fourth-order valence-electron chi connectivity index (χ4n) is 6.91. The van der Waals surface area contributed by atoms with E-state index in [-0.39, 0.29) is 29.3 Å². The van der Waals surface area contributed by atoms with Crippen molar-refractivity contribution in [3.05, 3.63) is 124 Å². The Labute approximate surface area is 291 Å². The summed E-state index contributed by atoms with van der Waals surface area (Å²) < 4.78 is 45.1. The van der Waals surface area contributed by atoms with Crippen molar-refractivity contribution in [2.45, 2.75) is 38.5 Å². The maximum absolute atomic E-state index is 14.6. The van der Waals surface area contributed by atoms with Crippen LogP contribution in [0.5, 0.6) is 5.75 Å². The zero-order valence-corrected chi connectivity index (χ0v) is 28.3. The van der Waals surface area contributed by atoms with Crippen LogP contribution in [-0.4, -0.2) is 57.2 Å². The first-order valence-electron chi connectivity index (χ1n) is 16.1. The highest BCUT2D eigenvalue weighted by molar-refractivity contribution is 6.31. The van der Waals surface area contributed by atoms with Gasteiger partial charge in [0.15, 0.2) is 0 Å². The minimum absolute atomic E-state index is 0.0324. The molecular weight excluding hydrogens is 667 g/mol. The smallest absolute Gasteiger partial charge is 0.409 e. The average molecular weight is 700 g/mol. The molecule has 0 aliphatic carbocycles. The largest absolute Gasteiger partial charge is 0.508 e. The van der Waals surface area contributed by atoms with E-state index in [2.05, 4.69) is 4.98 Å². The molecule has 12 heteroatoms. The van der Waals surface area contributed by atoms with Crippen LogP contribution < -0.4 is 9.80 Å². The van der Waals surface area contributed by atoms with E-state index in [0.29, 0.717) is 45.0 Å². The van der Waals surface area contributed by atoms with Crippen LogP contribution in [0.4, 0.5) is 30.4 Å². The molecule has 1 atom stereocenters. The number of amides is 2. The highest BCUT2D eigenvalue weighted by atomic mass is 35.5. The summed E-state index contributed by atoms with van der Waals surface area (Å²) in [5, 5.41) is 10.3. The number of nitrogens with zero attached hydrogens (tertiary/aromatic N) is 5. The van der Waals surface area contributed by atoms with Crippen LogP contribution in [0.15, 0.2) is 85.1 Å². The predicted molar refractivity (Wildman–Crippen MR) is 186 cm³/mol. The van der Waals surface area contributed by atoms with E-state index < -0.39 is 24.0 Å². The summed E-state index contributed by atoms with van der Waals surface area (Å²) in [6.07, 6.45) is -2.61. The topological polar surface area (TPSA) is 81.9 Å². The minimum atomic E-state index is -4.66. The number of phenols is 1. The van der Waals surface area contributed by atoms with Gasteiger partial charge in [0.25, 0.3) is 11.8 Å². The van der Waals surface area contributed by atoms with Crippen molar-refractivity contribution in [3.8, 4) is 17.0 Å². The SMILES string of the molecule is Cc1c(C(=O)N(c2ccc(O)cc2)c2cnc3c(c2)CCN3C)cc(-c2cc(Cl)ccc2C(=O)N2Cc3ccccc3C[C@H]2C(F)(F)F)n1C. The second-order valence-electron chi connectivity index (χ2n) is 12.7. The summed E-state index contributed by atoms with van der Waals surface area (Å²) in [4.78, 5) is 37.9. The molecule has 8 nitrogen and oxygen atoms in total. The van der Waals surface area contributed by atoms with Gasteiger partial charge in [0.05, 0.1) is 17.4 Å². The van der Waals surface area contributed by atoms with Crippen LogP contribution in [0.3, 0.4) is 0 Å². The lowest BCUT2D eigenvalue weighted by Crippen LogP contribution is -2.52. The maximum Gasteiger partial charge on any atom is 0.409 e. The minimum Gasteiger partial charge on any atom is -0.508 e. The van der Waals surface area contributed by atoms with Gasteiger partial charge in [-0.3, -0.25) is 14.5 Å². The van der Waals surface area contributed by atoms with Gasteiger partial charge in [-0.1, -0.05) is 35.9 Å². The molecule has 2 aliphatic rings. The molecule has 0 spiro atoms. The molecule has 0 fully saturated rings. The zero-order chi connectivity index (χ0) is 35.5. The molecule has 7 rings (SSSR count). The van der Waals surface area contributed by atoms with Gasteiger partial charge in [0.1, 0.15) is 17.6 Å². The fourth-order valence-corrected chi connectivity index (χ4v) is 7.09. The Hall–Kier alpha value is -5.29. The lowest BCUT2D eigenvalue weighted by Gasteiger charge is -2.38. The van der Waals surface area contributed by atoms with Gasteiger partial charge < -0.3 is 19.5 Å². The molecule has 256 valence electrons. The highest BCUT2D eigenvalue weighted by Gasteiger charge is 2.48. The van der Waals surface area contributed by atoms with Gasteiger partial charge in [-0.15, -0.1) is 0 Å². The maximum atomic E-state index is 14.6. The van der Waals surface area contributed by atoms with Gasteiger partial charge >= 0.3 is 6.18 Å². The van der Waals surface area contributed by atoms with E-state index in [9.17, 15) is 27.9 Å². The average Bonchev–Trinajstić information content (AvgIpc) is 3.61. The Morgan fingerprint density at radius 1 is 0.920 bits per heavy atom. The van der Waals surface area contributed by atoms with Crippen molar-refractivity contribution in [1.82, 2.24) is 14.5 Å². The number of hydrogen-bond acceptors (Lipinski definition) is 5. The molecule has 2 aliphatic heterocycles. The number of aromatic hydroxyl groups is 1. The number of benzene rings is 3. The van der Waals surface area contributed by atoms with Gasteiger partial charge in [-0.25, -0.2) is 4.98 Å². The third-order valence-electron chi connectivity index (χ3n) is 9.72. The Kier molecular flexibility index (Phi) is 8.34. The molecule has 0 bridgehead atoms. The number of carbonyl (C=O) groups is 2. The van der Waals surface area contributed by atoms with Gasteiger partial charge in [-0.05, 0) is 84.6 Å². The first-order chi connectivity index (χ1) is 23.8. The van der Waals surface area contributed by atoms with E-state index >= 15 is 0 Å². The van der Waals surface area contributed by atoms with Crippen molar-refractivity contribution < 1.29 is 27.9 Å². The van der Waals surface area contributed by atoms with Crippen LogP contribution in [0.2, 0.25) is 5.02 Å². The Morgan fingerprint density at radius 2 is 1.64 bits per heavy atom. The first kappa shape index (κ1) is 33.2. The Morgan fingerprint density at radius 3 is 2.36 bits per heavy atom. The number of pyridine rings is 1. The predicted octanol–water partition coefficient (Wildman–Crippen LogP) is 7.85. The molecule has 50 heavy (non-hydrogen) atoms. The molecule has 5 aromatic rings. The number of halogens is 4. The molecule has 1 N–H and O–H groups in total. The normalized spacial score (nSPS) is 15.5. The standard InChI is InChI=1S/C38H33ClF3N5O3/c1-22-31(37(50)47(27-9-11-29(48)12-10-27)28-16-24-14-15-44(2)35(24)43-20-28)19-33(45(22)3)32-18-26(39)8-13-30(32)36(49)46-21-25-7-5-4-6-23(25)17-34(46)38(40,41)42/h4-13,16,18-20,34,48H,14-15,17,21H2,1-3H3/t34-/m0/s1. The van der Waals surface area contributed by atoms with E-state index in [0.717, 1.165) is 29.2 Å². The summed E-state index contributed by atoms with van der Waals surface area (Å²) in [7, 11) is 3.68. The number of hydrogen-bond donors (Lipinski definition) is 1. The molecule has 2 amide bonds. The highest BCUT2D eigenvalue weighted by Crippen LogP contribution is 2.39. The number of alkyl halides is 3. The number of anilines is 3. The third kappa shape index (κ3) is 5.85. The van der Waals surface area contributed by atoms with Gasteiger partial charge in [-0.2, -0.15) is 13.2 Å². The zero-order valence-electron chi connectivity index (χ0n) is 27.5. The van der Waals surface area contributed by atoms with Crippen LogP contribution in [0.25, 0.3) is 11.3 Å². The van der Waals surface area contributed by atoms with Crippen LogP contribution >= 0.6 is 11.6 Å². The molecule has 4 heterocycles. The summed E-state index contributed by atoms with van der Waals surface area (Å²) in [6.45, 7) is 2.35. The number of likely N-dealkylation sites (N-methyl/N-ethyl adjacent to an activating group) is 1.